The number of carbonyl (C=O) groups is 2. The number of hydrogen-bond donors (Lipinski definition) is 2. The topological polar surface area (TPSA) is 131 Å². The minimum absolute atomic E-state index is 0. The van der Waals surface area contributed by atoms with Gasteiger partial charge in [-0.2, -0.15) is 0 Å². The summed E-state index contributed by atoms with van der Waals surface area (Å²) in [5, 5.41) is 2.91. The maximum Gasteiger partial charge on any atom is 0.482 e. The average molecular weight is 742 g/mol. The first-order valence-electron chi connectivity index (χ1n) is 17.3. The Labute approximate surface area is 310 Å². The van der Waals surface area contributed by atoms with Crippen LogP contribution < -0.4 is 20.5 Å². The zero-order valence-electron chi connectivity index (χ0n) is 30.5. The van der Waals surface area contributed by atoms with Crippen LogP contribution in [0.4, 0.5) is 8.78 Å². The standard InChI is InChI=1S/C38H46BF2N3O7.ClH/c1-36(2,3)49-35(46)30-25(40)14-13-22(33(30)47-7)15-29(39-50-28-17-23-16-27(37(23,4)5)38(28,6)51-39)44-34(45)31(42)32-26(41)18-24(19-43-32)48-20-21-11-9-8-10-12-21;/h8-14,18-19,23,27-29,31H,15-17,20,42H2,1-7H3,(H,44,45);1H/t23-,27-,28+,29?,31?,38-;/m0./s1. The number of hydrogen-bond acceptors (Lipinski definition) is 9. The van der Waals surface area contributed by atoms with E-state index in [0.717, 1.165) is 30.5 Å². The molecule has 52 heavy (non-hydrogen) atoms. The van der Waals surface area contributed by atoms with Crippen molar-refractivity contribution in [1.82, 2.24) is 10.3 Å². The van der Waals surface area contributed by atoms with E-state index in [0.29, 0.717) is 11.5 Å². The lowest BCUT2D eigenvalue weighted by molar-refractivity contribution is -0.199. The van der Waals surface area contributed by atoms with Crippen molar-refractivity contribution in [2.75, 3.05) is 7.11 Å². The maximum absolute atomic E-state index is 15.4. The van der Waals surface area contributed by atoms with E-state index in [2.05, 4.69) is 24.1 Å². The zero-order chi connectivity index (χ0) is 36.9. The number of amides is 1. The van der Waals surface area contributed by atoms with Gasteiger partial charge in [-0.1, -0.05) is 50.2 Å². The highest BCUT2D eigenvalue weighted by molar-refractivity contribution is 6.48. The Morgan fingerprint density at radius 1 is 1.10 bits per heavy atom. The van der Waals surface area contributed by atoms with Crippen LogP contribution >= 0.6 is 12.4 Å². The smallest absolute Gasteiger partial charge is 0.482 e. The quantitative estimate of drug-likeness (QED) is 0.171. The number of nitrogens with one attached hydrogen (secondary N) is 1. The van der Waals surface area contributed by atoms with Crippen molar-refractivity contribution in [3.05, 3.63) is 88.7 Å². The molecule has 1 aromatic heterocycles. The van der Waals surface area contributed by atoms with Gasteiger partial charge in [-0.3, -0.25) is 9.78 Å². The number of carbonyl (C=O) groups excluding carboxylic acids is 2. The van der Waals surface area contributed by atoms with E-state index in [1.807, 2.05) is 37.3 Å². The molecule has 1 amide bonds. The van der Waals surface area contributed by atoms with Crippen LogP contribution in [0.2, 0.25) is 0 Å². The van der Waals surface area contributed by atoms with Crippen LogP contribution in [0.3, 0.4) is 0 Å². The molecule has 280 valence electrons. The third-order valence-corrected chi connectivity index (χ3v) is 10.7. The number of esters is 1. The van der Waals surface area contributed by atoms with Crippen molar-refractivity contribution < 1.29 is 41.9 Å². The molecule has 0 radical (unpaired) electrons. The molecule has 3 N–H and O–H groups in total. The van der Waals surface area contributed by atoms with Crippen molar-refractivity contribution in [3.63, 3.8) is 0 Å². The third-order valence-electron chi connectivity index (χ3n) is 10.7. The van der Waals surface area contributed by atoms with E-state index < -0.39 is 53.8 Å². The summed E-state index contributed by atoms with van der Waals surface area (Å²) in [5.41, 5.74) is 5.52. The number of benzene rings is 2. The van der Waals surface area contributed by atoms with Crippen LogP contribution in [-0.2, 0) is 31.9 Å². The summed E-state index contributed by atoms with van der Waals surface area (Å²) < 4.78 is 60.6. The minimum Gasteiger partial charge on any atom is -0.495 e. The van der Waals surface area contributed by atoms with Gasteiger partial charge in [-0.25, -0.2) is 13.6 Å². The van der Waals surface area contributed by atoms with Crippen LogP contribution in [0.15, 0.2) is 54.7 Å². The molecule has 2 bridgehead atoms. The van der Waals surface area contributed by atoms with Crippen LogP contribution in [-0.4, -0.2) is 54.3 Å². The van der Waals surface area contributed by atoms with Crippen LogP contribution in [0, 0.1) is 28.9 Å². The van der Waals surface area contributed by atoms with Gasteiger partial charge in [0.25, 0.3) is 0 Å². The maximum atomic E-state index is 15.4. The summed E-state index contributed by atoms with van der Waals surface area (Å²) in [7, 11) is 0.378. The number of rotatable bonds is 11. The molecule has 2 unspecified atom stereocenters. The summed E-state index contributed by atoms with van der Waals surface area (Å²) in [4.78, 5) is 31.1. The molecule has 3 aliphatic carbocycles. The Balaban J connectivity index is 0.00000523. The summed E-state index contributed by atoms with van der Waals surface area (Å²) >= 11 is 0. The van der Waals surface area contributed by atoms with E-state index in [-0.39, 0.29) is 65.6 Å². The molecular formula is C38H47BClF2N3O7. The normalized spacial score (nSPS) is 24.0. The Bertz CT molecular complexity index is 1800. The van der Waals surface area contributed by atoms with E-state index >= 15 is 8.78 Å². The fourth-order valence-electron chi connectivity index (χ4n) is 7.91. The number of halogens is 3. The molecule has 4 fully saturated rings. The number of ether oxygens (including phenoxy) is 3. The van der Waals surface area contributed by atoms with E-state index in [9.17, 15) is 9.59 Å². The first-order valence-corrected chi connectivity index (χ1v) is 17.3. The van der Waals surface area contributed by atoms with Gasteiger partial charge < -0.3 is 34.6 Å². The highest BCUT2D eigenvalue weighted by Crippen LogP contribution is 2.65. The molecule has 10 nitrogen and oxygen atoms in total. The lowest BCUT2D eigenvalue weighted by Crippen LogP contribution is -2.65. The van der Waals surface area contributed by atoms with Gasteiger partial charge in [0.15, 0.2) is 5.82 Å². The summed E-state index contributed by atoms with van der Waals surface area (Å²) in [6.45, 7) is 11.8. The van der Waals surface area contributed by atoms with Gasteiger partial charge in [-0.05, 0) is 81.4 Å². The Kier molecular flexibility index (Phi) is 11.3. The van der Waals surface area contributed by atoms with Gasteiger partial charge in [0.2, 0.25) is 5.91 Å². The molecule has 7 rings (SSSR count). The molecule has 6 atom stereocenters. The lowest BCUT2D eigenvalue weighted by atomic mass is 9.43. The second-order valence-electron chi connectivity index (χ2n) is 15.6. The predicted octanol–water partition coefficient (Wildman–Crippen LogP) is 6.32. The van der Waals surface area contributed by atoms with Gasteiger partial charge in [0.05, 0.1) is 31.0 Å². The molecule has 4 aliphatic rings. The number of nitrogens with zero attached hydrogens (tertiary/aromatic N) is 1. The van der Waals surface area contributed by atoms with Gasteiger partial charge in [0.1, 0.15) is 46.8 Å². The zero-order valence-corrected chi connectivity index (χ0v) is 31.4. The van der Waals surface area contributed by atoms with Crippen molar-refractivity contribution in [3.8, 4) is 11.5 Å². The SMILES string of the molecule is COc1c(CC(NC(=O)C(N)c2ncc(OCc3ccccc3)cc2F)B2O[C@@H]3C[C@@H]4C[C@@H](C4(C)C)[C@]3(C)O2)ccc(F)c1C(=O)OC(C)(C)C.Cl. The second-order valence-corrected chi connectivity index (χ2v) is 15.6. The predicted molar refractivity (Wildman–Crippen MR) is 193 cm³/mol. The first-order chi connectivity index (χ1) is 24.0. The largest absolute Gasteiger partial charge is 0.495 e. The summed E-state index contributed by atoms with van der Waals surface area (Å²) in [6.07, 6.45) is 2.90. The minimum atomic E-state index is -1.51. The monoisotopic (exact) mass is 741 g/mol. The molecular weight excluding hydrogens is 695 g/mol. The summed E-state index contributed by atoms with van der Waals surface area (Å²) in [6, 6.07) is 11.6. The fraction of sp³-hybridized carbons (Fsp3) is 0.500. The lowest BCUT2D eigenvalue weighted by Gasteiger charge is -2.64. The molecule has 2 heterocycles. The highest BCUT2D eigenvalue weighted by Gasteiger charge is 2.68. The second kappa shape index (κ2) is 14.9. The van der Waals surface area contributed by atoms with Crippen LogP contribution in [0.5, 0.6) is 11.5 Å². The number of nitrogens with two attached hydrogens (primary N) is 1. The van der Waals surface area contributed by atoms with Crippen LogP contribution in [0.1, 0.15) is 87.6 Å². The van der Waals surface area contributed by atoms with Gasteiger partial charge in [-0.15, -0.1) is 12.4 Å². The number of methoxy groups -OCH3 is 1. The number of pyridine rings is 1. The van der Waals surface area contributed by atoms with Crippen molar-refractivity contribution in [2.45, 2.75) is 96.7 Å². The highest BCUT2D eigenvalue weighted by atomic mass is 35.5. The van der Waals surface area contributed by atoms with Crippen molar-refractivity contribution >= 4 is 31.4 Å². The average Bonchev–Trinajstić information content (AvgIpc) is 3.44. The van der Waals surface area contributed by atoms with E-state index in [4.69, 9.17) is 29.3 Å². The Morgan fingerprint density at radius 2 is 1.81 bits per heavy atom. The van der Waals surface area contributed by atoms with Crippen molar-refractivity contribution in [2.24, 2.45) is 23.0 Å². The molecule has 1 aliphatic heterocycles. The molecule has 3 saturated carbocycles. The van der Waals surface area contributed by atoms with Crippen LogP contribution in [0.25, 0.3) is 0 Å². The summed E-state index contributed by atoms with van der Waals surface area (Å²) in [5.74, 6) is -3.33. The molecule has 2 aromatic carbocycles. The first kappa shape index (κ1) is 39.4. The molecule has 3 aromatic rings. The Hall–Kier alpha value is -3.78. The number of aromatic nitrogens is 1. The molecule has 14 heteroatoms. The molecule has 0 spiro atoms. The van der Waals surface area contributed by atoms with E-state index in [1.54, 1.807) is 20.8 Å². The van der Waals surface area contributed by atoms with Gasteiger partial charge >= 0.3 is 13.1 Å². The molecule has 1 saturated heterocycles. The Morgan fingerprint density at radius 3 is 2.44 bits per heavy atom. The third kappa shape index (κ3) is 7.64. The van der Waals surface area contributed by atoms with Crippen molar-refractivity contribution in [1.29, 1.82) is 0 Å². The van der Waals surface area contributed by atoms with E-state index in [1.165, 1.54) is 19.4 Å². The van der Waals surface area contributed by atoms with Gasteiger partial charge in [0, 0.05) is 6.07 Å². The fourth-order valence-corrected chi connectivity index (χ4v) is 7.91.